The van der Waals surface area contributed by atoms with E-state index in [1.54, 1.807) is 6.20 Å². The maximum atomic E-state index is 6.25. The first-order valence-corrected chi connectivity index (χ1v) is 7.24. The van der Waals surface area contributed by atoms with Gasteiger partial charge in [0.25, 0.3) is 0 Å². The third-order valence-electron chi connectivity index (χ3n) is 4.19. The zero-order valence-electron chi connectivity index (χ0n) is 11.3. The van der Waals surface area contributed by atoms with Crippen molar-refractivity contribution in [1.29, 1.82) is 0 Å². The van der Waals surface area contributed by atoms with Gasteiger partial charge in [0, 0.05) is 32.4 Å². The number of anilines is 1. The molecule has 1 aromatic rings. The van der Waals surface area contributed by atoms with Crippen LogP contribution in [-0.4, -0.2) is 55.3 Å². The topological polar surface area (TPSA) is 28.6 Å². The Morgan fingerprint density at radius 3 is 2.84 bits per heavy atom. The average Bonchev–Trinajstić information content (AvgIpc) is 2.43. The Labute approximate surface area is 119 Å². The molecule has 0 radical (unpaired) electrons. The van der Waals surface area contributed by atoms with Crippen molar-refractivity contribution in [3.05, 3.63) is 23.4 Å². The van der Waals surface area contributed by atoms with Crippen LogP contribution in [0.5, 0.6) is 0 Å². The van der Waals surface area contributed by atoms with Crippen molar-refractivity contribution in [3.8, 4) is 0 Å². The molecule has 0 bridgehead atoms. The summed E-state index contributed by atoms with van der Waals surface area (Å²) in [6.45, 7) is 4.73. The molecule has 104 valence electrons. The molecule has 1 aromatic heterocycles. The summed E-state index contributed by atoms with van der Waals surface area (Å²) in [7, 11) is 2.17. The first-order valence-electron chi connectivity index (χ1n) is 6.87. The van der Waals surface area contributed by atoms with E-state index >= 15 is 0 Å². The molecule has 1 spiro atoms. The number of halogens is 1. The largest absolute Gasteiger partial charge is 0.371 e. The van der Waals surface area contributed by atoms with Crippen molar-refractivity contribution >= 4 is 17.4 Å². The SMILES string of the molecule is CN1CCC2(CC1)CN(c1ncccc1Cl)CCO2. The summed E-state index contributed by atoms with van der Waals surface area (Å²) in [4.78, 5) is 9.06. The van der Waals surface area contributed by atoms with E-state index in [2.05, 4.69) is 21.8 Å². The molecule has 4 nitrogen and oxygen atoms in total. The summed E-state index contributed by atoms with van der Waals surface area (Å²) in [6.07, 6.45) is 3.98. The summed E-state index contributed by atoms with van der Waals surface area (Å²) in [5.41, 5.74) is -0.00832. The zero-order valence-corrected chi connectivity index (χ0v) is 12.1. The number of piperidine rings is 1. The van der Waals surface area contributed by atoms with Crippen molar-refractivity contribution in [2.75, 3.05) is 44.7 Å². The van der Waals surface area contributed by atoms with Crippen LogP contribution >= 0.6 is 11.6 Å². The predicted octanol–water partition coefficient (Wildman–Crippen LogP) is 2.04. The number of hydrogen-bond acceptors (Lipinski definition) is 4. The van der Waals surface area contributed by atoms with Crippen molar-refractivity contribution in [3.63, 3.8) is 0 Å². The highest BCUT2D eigenvalue weighted by Crippen LogP contribution is 2.33. The lowest BCUT2D eigenvalue weighted by atomic mass is 9.89. The second-order valence-corrected chi connectivity index (χ2v) is 5.97. The molecule has 0 unspecified atom stereocenters. The molecule has 2 aliphatic rings. The zero-order chi connectivity index (χ0) is 13.3. The highest BCUT2D eigenvalue weighted by atomic mass is 35.5. The Hall–Kier alpha value is -0.840. The van der Waals surface area contributed by atoms with Gasteiger partial charge in [0.1, 0.15) is 5.82 Å². The third-order valence-corrected chi connectivity index (χ3v) is 4.48. The van der Waals surface area contributed by atoms with Gasteiger partial charge in [-0.15, -0.1) is 0 Å². The van der Waals surface area contributed by atoms with Crippen molar-refractivity contribution < 1.29 is 4.74 Å². The maximum Gasteiger partial charge on any atom is 0.147 e. The minimum absolute atomic E-state index is 0.00832. The molecule has 3 heterocycles. The molecule has 19 heavy (non-hydrogen) atoms. The Morgan fingerprint density at radius 1 is 1.32 bits per heavy atom. The Balaban J connectivity index is 1.77. The number of likely N-dealkylation sites (tertiary alicyclic amines) is 1. The Bertz CT molecular complexity index is 446. The first-order chi connectivity index (χ1) is 9.19. The Kier molecular flexibility index (Phi) is 3.65. The van der Waals surface area contributed by atoms with E-state index in [0.29, 0.717) is 0 Å². The quantitative estimate of drug-likeness (QED) is 0.788. The molecule has 2 saturated heterocycles. The second-order valence-electron chi connectivity index (χ2n) is 5.57. The van der Waals surface area contributed by atoms with Gasteiger partial charge in [-0.05, 0) is 32.0 Å². The first kappa shape index (κ1) is 13.2. The number of nitrogens with zero attached hydrogens (tertiary/aromatic N) is 3. The number of hydrogen-bond donors (Lipinski definition) is 0. The van der Waals surface area contributed by atoms with E-state index < -0.39 is 0 Å². The van der Waals surface area contributed by atoms with Gasteiger partial charge in [0.05, 0.1) is 17.2 Å². The van der Waals surface area contributed by atoms with Crippen molar-refractivity contribution in [1.82, 2.24) is 9.88 Å². The van der Waals surface area contributed by atoms with Crippen LogP contribution in [-0.2, 0) is 4.74 Å². The van der Waals surface area contributed by atoms with Gasteiger partial charge in [0.2, 0.25) is 0 Å². The molecular weight excluding hydrogens is 262 g/mol. The van der Waals surface area contributed by atoms with Crippen LogP contribution in [0.4, 0.5) is 5.82 Å². The average molecular weight is 282 g/mol. The molecule has 2 fully saturated rings. The fourth-order valence-electron chi connectivity index (χ4n) is 2.96. The molecule has 0 atom stereocenters. The fourth-order valence-corrected chi connectivity index (χ4v) is 3.21. The summed E-state index contributed by atoms with van der Waals surface area (Å²) in [5, 5.41) is 0.729. The van der Waals surface area contributed by atoms with Crippen molar-refractivity contribution in [2.24, 2.45) is 0 Å². The third kappa shape index (κ3) is 2.71. The number of morpholine rings is 1. The van der Waals surface area contributed by atoms with Crippen LogP contribution in [0.25, 0.3) is 0 Å². The van der Waals surface area contributed by atoms with Crippen LogP contribution < -0.4 is 4.90 Å². The minimum Gasteiger partial charge on any atom is -0.371 e. The molecule has 2 aliphatic heterocycles. The minimum atomic E-state index is -0.00832. The lowest BCUT2D eigenvalue weighted by molar-refractivity contribution is -0.0884. The number of ether oxygens (including phenoxy) is 1. The molecule has 0 N–H and O–H groups in total. The number of rotatable bonds is 1. The smallest absolute Gasteiger partial charge is 0.147 e. The lowest BCUT2D eigenvalue weighted by Gasteiger charge is -2.47. The van der Waals surface area contributed by atoms with Gasteiger partial charge in [0.15, 0.2) is 0 Å². The monoisotopic (exact) mass is 281 g/mol. The van der Waals surface area contributed by atoms with E-state index in [-0.39, 0.29) is 5.60 Å². The summed E-state index contributed by atoms with van der Waals surface area (Å²) >= 11 is 6.25. The highest BCUT2D eigenvalue weighted by molar-refractivity contribution is 6.32. The van der Waals surface area contributed by atoms with Crippen LogP contribution in [0, 0.1) is 0 Å². The van der Waals surface area contributed by atoms with Crippen LogP contribution in [0.2, 0.25) is 5.02 Å². The molecule has 0 aliphatic carbocycles. The molecular formula is C14H20ClN3O. The van der Waals surface area contributed by atoms with E-state index in [1.807, 2.05) is 12.1 Å². The van der Waals surface area contributed by atoms with Crippen LogP contribution in [0.1, 0.15) is 12.8 Å². The van der Waals surface area contributed by atoms with Gasteiger partial charge in [-0.1, -0.05) is 11.6 Å². The Morgan fingerprint density at radius 2 is 2.11 bits per heavy atom. The highest BCUT2D eigenvalue weighted by Gasteiger charge is 2.39. The van der Waals surface area contributed by atoms with Crippen molar-refractivity contribution in [2.45, 2.75) is 18.4 Å². The number of aromatic nitrogens is 1. The van der Waals surface area contributed by atoms with Gasteiger partial charge < -0.3 is 14.5 Å². The maximum absolute atomic E-state index is 6.25. The van der Waals surface area contributed by atoms with E-state index in [4.69, 9.17) is 16.3 Å². The molecule has 3 rings (SSSR count). The van der Waals surface area contributed by atoms with Gasteiger partial charge in [-0.3, -0.25) is 0 Å². The van der Waals surface area contributed by atoms with Gasteiger partial charge in [-0.25, -0.2) is 4.98 Å². The molecule has 0 aromatic carbocycles. The fraction of sp³-hybridized carbons (Fsp3) is 0.643. The van der Waals surface area contributed by atoms with E-state index in [0.717, 1.165) is 56.5 Å². The standard InChI is InChI=1S/C14H20ClN3O/c1-17-7-4-14(5-8-17)11-18(9-10-19-14)13-12(15)3-2-6-16-13/h2-3,6H,4-5,7-11H2,1H3. The van der Waals surface area contributed by atoms with E-state index in [9.17, 15) is 0 Å². The summed E-state index contributed by atoms with van der Waals surface area (Å²) in [5.74, 6) is 0.894. The number of pyridine rings is 1. The molecule has 0 saturated carbocycles. The second kappa shape index (κ2) is 5.27. The lowest BCUT2D eigenvalue weighted by Crippen LogP contribution is -2.56. The molecule has 5 heteroatoms. The predicted molar refractivity (Wildman–Crippen MR) is 76.9 cm³/mol. The van der Waals surface area contributed by atoms with Crippen LogP contribution in [0.3, 0.4) is 0 Å². The van der Waals surface area contributed by atoms with Crippen LogP contribution in [0.15, 0.2) is 18.3 Å². The summed E-state index contributed by atoms with van der Waals surface area (Å²) in [6, 6.07) is 3.78. The van der Waals surface area contributed by atoms with Gasteiger partial charge in [-0.2, -0.15) is 0 Å². The van der Waals surface area contributed by atoms with Gasteiger partial charge >= 0.3 is 0 Å². The molecule has 0 amide bonds. The van der Waals surface area contributed by atoms with E-state index in [1.165, 1.54) is 0 Å². The normalized spacial score (nSPS) is 23.8. The summed E-state index contributed by atoms with van der Waals surface area (Å²) < 4.78 is 6.11.